The summed E-state index contributed by atoms with van der Waals surface area (Å²) in [5, 5.41) is 4.43. The Kier molecular flexibility index (Phi) is 5.29. The number of anilines is 2. The van der Waals surface area contributed by atoms with E-state index < -0.39 is 22.9 Å². The zero-order chi connectivity index (χ0) is 18.9. The van der Waals surface area contributed by atoms with Gasteiger partial charge in [0, 0.05) is 21.5 Å². The van der Waals surface area contributed by atoms with E-state index in [1.165, 1.54) is 6.07 Å². The van der Waals surface area contributed by atoms with Gasteiger partial charge < -0.3 is 10.6 Å². The SMILES string of the molecule is O=C(C[C@@H]1Sc2ccc(C(F)(F)F)cc2NC1=O)Nc1ccc(Br)cc1. The van der Waals surface area contributed by atoms with Crippen LogP contribution < -0.4 is 10.6 Å². The van der Waals surface area contributed by atoms with Gasteiger partial charge in [0.1, 0.15) is 0 Å². The number of nitrogens with one attached hydrogen (secondary N) is 2. The highest BCUT2D eigenvalue weighted by molar-refractivity contribution is 9.10. The van der Waals surface area contributed by atoms with Crippen molar-refractivity contribution in [1.29, 1.82) is 0 Å². The highest BCUT2D eigenvalue weighted by atomic mass is 79.9. The van der Waals surface area contributed by atoms with Crippen LogP contribution >= 0.6 is 27.7 Å². The van der Waals surface area contributed by atoms with Crippen LogP contribution in [0.2, 0.25) is 0 Å². The van der Waals surface area contributed by atoms with Crippen LogP contribution in [0.15, 0.2) is 51.8 Å². The topological polar surface area (TPSA) is 58.2 Å². The summed E-state index contributed by atoms with van der Waals surface area (Å²) in [5.74, 6) is -0.844. The lowest BCUT2D eigenvalue weighted by atomic mass is 10.1. The van der Waals surface area contributed by atoms with E-state index in [9.17, 15) is 22.8 Å². The van der Waals surface area contributed by atoms with E-state index in [2.05, 4.69) is 26.6 Å². The number of halogens is 4. The maximum Gasteiger partial charge on any atom is 0.416 e. The van der Waals surface area contributed by atoms with Gasteiger partial charge in [-0.15, -0.1) is 11.8 Å². The lowest BCUT2D eigenvalue weighted by Gasteiger charge is -2.24. The maximum atomic E-state index is 12.8. The lowest BCUT2D eigenvalue weighted by molar-refractivity contribution is -0.137. The van der Waals surface area contributed by atoms with Crippen LogP contribution in [0.25, 0.3) is 0 Å². The number of amides is 2. The van der Waals surface area contributed by atoms with Crippen molar-refractivity contribution in [2.75, 3.05) is 10.6 Å². The minimum atomic E-state index is -4.48. The molecule has 2 aromatic rings. The third kappa shape index (κ3) is 4.39. The molecular formula is C17H12BrF3N2O2S. The van der Waals surface area contributed by atoms with Crippen molar-refractivity contribution in [3.63, 3.8) is 0 Å². The van der Waals surface area contributed by atoms with Crippen molar-refractivity contribution in [2.45, 2.75) is 22.7 Å². The van der Waals surface area contributed by atoms with Gasteiger partial charge in [-0.2, -0.15) is 13.2 Å². The smallest absolute Gasteiger partial charge is 0.326 e. The molecule has 0 radical (unpaired) electrons. The van der Waals surface area contributed by atoms with Crippen molar-refractivity contribution >= 4 is 50.9 Å². The molecule has 0 spiro atoms. The minimum Gasteiger partial charge on any atom is -0.326 e. The van der Waals surface area contributed by atoms with Crippen LogP contribution in [0.3, 0.4) is 0 Å². The monoisotopic (exact) mass is 444 g/mol. The maximum absolute atomic E-state index is 12.8. The van der Waals surface area contributed by atoms with Gasteiger partial charge in [-0.05, 0) is 42.5 Å². The molecule has 26 heavy (non-hydrogen) atoms. The molecule has 136 valence electrons. The Labute approximate surface area is 159 Å². The van der Waals surface area contributed by atoms with Crippen LogP contribution in [0.5, 0.6) is 0 Å². The van der Waals surface area contributed by atoms with Crippen LogP contribution in [0.1, 0.15) is 12.0 Å². The third-order valence-corrected chi connectivity index (χ3v) is 5.43. The molecule has 0 aromatic heterocycles. The Hall–Kier alpha value is -2.00. The Morgan fingerprint density at radius 1 is 1.19 bits per heavy atom. The first-order valence-electron chi connectivity index (χ1n) is 7.46. The largest absolute Gasteiger partial charge is 0.416 e. The van der Waals surface area contributed by atoms with E-state index in [0.29, 0.717) is 10.6 Å². The zero-order valence-electron chi connectivity index (χ0n) is 13.1. The van der Waals surface area contributed by atoms with E-state index in [4.69, 9.17) is 0 Å². The summed E-state index contributed by atoms with van der Waals surface area (Å²) in [7, 11) is 0. The van der Waals surface area contributed by atoms with Gasteiger partial charge in [-0.25, -0.2) is 0 Å². The number of hydrogen-bond donors (Lipinski definition) is 2. The molecule has 0 aliphatic carbocycles. The Balaban J connectivity index is 1.68. The molecule has 0 unspecified atom stereocenters. The van der Waals surface area contributed by atoms with E-state index in [1.54, 1.807) is 24.3 Å². The molecule has 1 heterocycles. The van der Waals surface area contributed by atoms with Crippen molar-refractivity contribution < 1.29 is 22.8 Å². The molecule has 4 nitrogen and oxygen atoms in total. The highest BCUT2D eigenvalue weighted by Gasteiger charge is 2.34. The van der Waals surface area contributed by atoms with Crippen LogP contribution in [0, 0.1) is 0 Å². The van der Waals surface area contributed by atoms with Gasteiger partial charge in [-0.3, -0.25) is 9.59 Å². The molecule has 3 rings (SSSR count). The van der Waals surface area contributed by atoms with Gasteiger partial charge in [0.15, 0.2) is 0 Å². The van der Waals surface area contributed by atoms with Gasteiger partial charge in [-0.1, -0.05) is 15.9 Å². The number of thioether (sulfide) groups is 1. The normalized spacial score (nSPS) is 16.6. The number of fused-ring (bicyclic) bond motifs is 1. The molecule has 2 N–H and O–H groups in total. The molecule has 9 heteroatoms. The second kappa shape index (κ2) is 7.32. The zero-order valence-corrected chi connectivity index (χ0v) is 15.5. The second-order valence-electron chi connectivity index (χ2n) is 5.56. The average Bonchev–Trinajstić information content (AvgIpc) is 2.56. The van der Waals surface area contributed by atoms with Crippen LogP contribution in [0.4, 0.5) is 24.5 Å². The van der Waals surface area contributed by atoms with Crippen molar-refractivity contribution in [3.8, 4) is 0 Å². The van der Waals surface area contributed by atoms with Gasteiger partial charge in [0.25, 0.3) is 0 Å². The molecule has 0 saturated heterocycles. The highest BCUT2D eigenvalue weighted by Crippen LogP contribution is 2.40. The number of rotatable bonds is 3. The molecular weight excluding hydrogens is 433 g/mol. The van der Waals surface area contributed by atoms with Gasteiger partial charge in [0.05, 0.1) is 16.5 Å². The van der Waals surface area contributed by atoms with E-state index in [0.717, 1.165) is 28.4 Å². The Morgan fingerprint density at radius 3 is 2.54 bits per heavy atom. The van der Waals surface area contributed by atoms with Gasteiger partial charge in [0.2, 0.25) is 11.8 Å². The molecule has 1 atom stereocenters. The second-order valence-corrected chi connectivity index (χ2v) is 7.72. The molecule has 1 aliphatic rings. The fourth-order valence-corrected chi connectivity index (χ4v) is 3.73. The summed E-state index contributed by atoms with van der Waals surface area (Å²) >= 11 is 4.37. The number of alkyl halides is 3. The van der Waals surface area contributed by atoms with E-state index >= 15 is 0 Å². The molecule has 2 amide bonds. The predicted molar refractivity (Wildman–Crippen MR) is 97.1 cm³/mol. The number of benzene rings is 2. The molecule has 0 bridgehead atoms. The summed E-state index contributed by atoms with van der Waals surface area (Å²) in [6.45, 7) is 0. The minimum absolute atomic E-state index is 0.0903. The summed E-state index contributed by atoms with van der Waals surface area (Å²) in [5.41, 5.74) is -0.127. The molecule has 1 aliphatic heterocycles. The van der Waals surface area contributed by atoms with Gasteiger partial charge >= 0.3 is 6.18 Å². The first-order chi connectivity index (χ1) is 12.2. The number of hydrogen-bond acceptors (Lipinski definition) is 3. The Morgan fingerprint density at radius 2 is 1.88 bits per heavy atom. The quantitative estimate of drug-likeness (QED) is 0.706. The van der Waals surface area contributed by atoms with Crippen molar-refractivity contribution in [1.82, 2.24) is 0 Å². The summed E-state index contributed by atoms with van der Waals surface area (Å²) < 4.78 is 39.1. The first-order valence-corrected chi connectivity index (χ1v) is 9.14. The number of carbonyl (C=O) groups is 2. The third-order valence-electron chi connectivity index (χ3n) is 3.63. The fraction of sp³-hybridized carbons (Fsp3) is 0.176. The Bertz CT molecular complexity index is 856. The predicted octanol–water partition coefficient (Wildman–Crippen LogP) is 4.91. The van der Waals surface area contributed by atoms with Crippen molar-refractivity contribution in [3.05, 3.63) is 52.5 Å². The molecule has 2 aromatic carbocycles. The summed E-state index contributed by atoms with van der Waals surface area (Å²) in [6, 6.07) is 10.1. The van der Waals surface area contributed by atoms with E-state index in [-0.39, 0.29) is 18.0 Å². The average molecular weight is 445 g/mol. The fourth-order valence-electron chi connectivity index (χ4n) is 2.37. The van der Waals surface area contributed by atoms with Crippen molar-refractivity contribution in [2.24, 2.45) is 0 Å². The standard InChI is InChI=1S/C17H12BrF3N2O2S/c18-10-2-4-11(5-3-10)22-15(24)8-14-16(25)23-12-7-9(17(19,20)21)1-6-13(12)26-14/h1-7,14H,8H2,(H,22,24)(H,23,25)/t14-/m0/s1. The van der Waals surface area contributed by atoms with E-state index in [1.807, 2.05) is 0 Å². The summed E-state index contributed by atoms with van der Waals surface area (Å²) in [6.07, 6.45) is -4.57. The number of carbonyl (C=O) groups excluding carboxylic acids is 2. The lowest BCUT2D eigenvalue weighted by Crippen LogP contribution is -2.32. The summed E-state index contributed by atoms with van der Waals surface area (Å²) in [4.78, 5) is 24.8. The van der Waals surface area contributed by atoms with Crippen LogP contribution in [-0.4, -0.2) is 17.1 Å². The first kappa shape index (κ1) is 18.8. The molecule has 0 fully saturated rings. The van der Waals surface area contributed by atoms with Crippen LogP contribution in [-0.2, 0) is 15.8 Å². The molecule has 0 saturated carbocycles.